The fourth-order valence-electron chi connectivity index (χ4n) is 2.37. The molecule has 10 heteroatoms. The molecule has 2 amide bonds. The summed E-state index contributed by atoms with van der Waals surface area (Å²) in [6, 6.07) is -0.783. The molecule has 1 heterocycles. The van der Waals surface area contributed by atoms with E-state index < -0.39 is 32.3 Å². The van der Waals surface area contributed by atoms with Gasteiger partial charge in [-0.15, -0.1) is 4.52 Å². The van der Waals surface area contributed by atoms with Crippen LogP contribution < -0.4 is 10.6 Å². The van der Waals surface area contributed by atoms with Crippen LogP contribution in [0.4, 0.5) is 0 Å². The molecule has 0 aliphatic carbocycles. The van der Waals surface area contributed by atoms with Gasteiger partial charge in [0.1, 0.15) is 20.1 Å². The number of hydrogen-bond acceptors (Lipinski definition) is 6. The van der Waals surface area contributed by atoms with Crippen molar-refractivity contribution in [2.75, 3.05) is 20.3 Å². The van der Waals surface area contributed by atoms with Gasteiger partial charge < -0.3 is 20.1 Å². The Morgan fingerprint density at radius 3 is 2.50 bits per heavy atom. The van der Waals surface area contributed by atoms with Crippen LogP contribution >= 0.6 is 8.03 Å². The topological polar surface area (TPSA) is 103 Å². The first-order valence-corrected chi connectivity index (χ1v) is 9.30. The molecule has 0 aromatic carbocycles. The number of ether oxygens (including phenoxy) is 2. The van der Waals surface area contributed by atoms with Crippen molar-refractivity contribution in [1.29, 1.82) is 0 Å². The van der Waals surface area contributed by atoms with Gasteiger partial charge in [0.25, 0.3) is 0 Å². The third-order valence-corrected chi connectivity index (χ3v) is 4.83. The van der Waals surface area contributed by atoms with E-state index >= 15 is 0 Å². The van der Waals surface area contributed by atoms with Crippen molar-refractivity contribution in [3.63, 3.8) is 0 Å². The van der Waals surface area contributed by atoms with Crippen LogP contribution in [0, 0.1) is 0 Å². The standard InChI is InChI=1S/C14H24BN2O6P/c1-5-9-11(23-24(20)7-6-10(18)16-3)12(13(15)22-9)21-8(2)14(19)17-4/h8-9,11-13H,5-7H2,1-4H3,(H-,16,17,18,19)/p+1/t8?,9-,11?,12+,13-/m1/s1. The number of hydrogen-bond donors (Lipinski definition) is 2. The van der Waals surface area contributed by atoms with Crippen molar-refractivity contribution in [2.45, 2.75) is 57.1 Å². The molecule has 3 unspecified atom stereocenters. The first-order chi connectivity index (χ1) is 11.3. The quantitative estimate of drug-likeness (QED) is 0.446. The Kier molecular flexibility index (Phi) is 8.84. The van der Waals surface area contributed by atoms with E-state index in [1.165, 1.54) is 14.1 Å². The zero-order valence-corrected chi connectivity index (χ0v) is 15.4. The van der Waals surface area contributed by atoms with E-state index in [0.717, 1.165) is 0 Å². The number of carbonyl (C=O) groups excluding carboxylic acids is 2. The lowest BCUT2D eigenvalue weighted by Crippen LogP contribution is -2.43. The second-order valence-corrected chi connectivity index (χ2v) is 6.78. The fraction of sp³-hybridized carbons (Fsp3) is 0.857. The van der Waals surface area contributed by atoms with E-state index in [0.29, 0.717) is 6.42 Å². The number of amides is 2. The molecular weight excluding hydrogens is 334 g/mol. The lowest BCUT2D eigenvalue weighted by molar-refractivity contribution is -0.137. The van der Waals surface area contributed by atoms with Crippen LogP contribution in [0.3, 0.4) is 0 Å². The predicted octanol–water partition coefficient (Wildman–Crippen LogP) is 0.0732. The highest BCUT2D eigenvalue weighted by Gasteiger charge is 2.48. The molecule has 6 atom stereocenters. The van der Waals surface area contributed by atoms with Crippen molar-refractivity contribution in [2.24, 2.45) is 0 Å². The van der Waals surface area contributed by atoms with Gasteiger partial charge >= 0.3 is 8.03 Å². The normalized spacial score (nSPS) is 28.2. The minimum atomic E-state index is -2.08. The average Bonchev–Trinajstić information content (AvgIpc) is 2.87. The third-order valence-electron chi connectivity index (χ3n) is 3.76. The summed E-state index contributed by atoms with van der Waals surface area (Å²) >= 11 is 0. The largest absolute Gasteiger partial charge is 0.509 e. The highest BCUT2D eigenvalue weighted by molar-refractivity contribution is 7.39. The Hall–Kier alpha value is -1.02. The fourth-order valence-corrected chi connectivity index (χ4v) is 3.39. The van der Waals surface area contributed by atoms with E-state index in [1.807, 2.05) is 6.92 Å². The zero-order chi connectivity index (χ0) is 18.3. The molecule has 134 valence electrons. The predicted molar refractivity (Wildman–Crippen MR) is 89.1 cm³/mol. The SMILES string of the molecule is [B][C@@H]1O[C@H](CC)C(O[P+](=O)CCC(=O)NC)[C@@H]1OC(C)C(=O)NC. The van der Waals surface area contributed by atoms with Gasteiger partial charge in [-0.25, -0.2) is 0 Å². The number of carbonyl (C=O) groups is 2. The Bertz CT molecular complexity index is 467. The summed E-state index contributed by atoms with van der Waals surface area (Å²) in [5, 5.41) is 4.94. The first-order valence-electron chi connectivity index (χ1n) is 7.94. The number of likely N-dealkylation sites (N-methyl/N-ethyl adjacent to an activating group) is 1. The molecule has 1 aliphatic heterocycles. The number of nitrogens with one attached hydrogen (secondary N) is 2. The lowest BCUT2D eigenvalue weighted by Gasteiger charge is -2.22. The van der Waals surface area contributed by atoms with E-state index in [1.54, 1.807) is 6.92 Å². The second-order valence-electron chi connectivity index (χ2n) is 5.45. The highest BCUT2D eigenvalue weighted by Crippen LogP contribution is 2.36. The summed E-state index contributed by atoms with van der Waals surface area (Å²) in [5.74, 6) is -0.515. The molecule has 1 rings (SSSR count). The van der Waals surface area contributed by atoms with Crippen LogP contribution in [0.2, 0.25) is 0 Å². The molecule has 0 spiro atoms. The Labute approximate surface area is 144 Å². The molecule has 0 aromatic heterocycles. The van der Waals surface area contributed by atoms with Crippen LogP contribution in [-0.2, 0) is 28.2 Å². The maximum absolute atomic E-state index is 12.1. The van der Waals surface area contributed by atoms with Crippen molar-refractivity contribution in [3.8, 4) is 0 Å². The maximum Gasteiger partial charge on any atom is 0.509 e. The summed E-state index contributed by atoms with van der Waals surface area (Å²) in [6.45, 7) is 3.48. The van der Waals surface area contributed by atoms with Gasteiger partial charge in [0.15, 0.2) is 12.3 Å². The number of rotatable bonds is 9. The monoisotopic (exact) mass is 359 g/mol. The molecule has 1 aliphatic rings. The summed E-state index contributed by atoms with van der Waals surface area (Å²) in [7, 11) is 6.86. The van der Waals surface area contributed by atoms with Gasteiger partial charge in [-0.2, -0.15) is 0 Å². The average molecular weight is 359 g/mol. The summed E-state index contributed by atoms with van der Waals surface area (Å²) < 4.78 is 29.0. The smallest absolute Gasteiger partial charge is 0.379 e. The van der Waals surface area contributed by atoms with Gasteiger partial charge in [-0.3, -0.25) is 9.59 Å². The minimum absolute atomic E-state index is 0.0922. The molecular formula is C14H25BN2O6P+. The molecule has 24 heavy (non-hydrogen) atoms. The lowest BCUT2D eigenvalue weighted by atomic mass is 9.92. The van der Waals surface area contributed by atoms with Crippen LogP contribution in [0.25, 0.3) is 0 Å². The molecule has 0 saturated carbocycles. The summed E-state index contributed by atoms with van der Waals surface area (Å²) in [4.78, 5) is 22.9. The van der Waals surface area contributed by atoms with E-state index in [4.69, 9.17) is 21.8 Å². The van der Waals surface area contributed by atoms with Crippen molar-refractivity contribution in [3.05, 3.63) is 0 Å². The summed E-state index contributed by atoms with van der Waals surface area (Å²) in [5.41, 5.74) is 0. The van der Waals surface area contributed by atoms with E-state index in [2.05, 4.69) is 10.6 Å². The molecule has 2 N–H and O–H groups in total. The third kappa shape index (κ3) is 5.81. The molecule has 0 aromatic rings. The minimum Gasteiger partial charge on any atom is -0.379 e. The van der Waals surface area contributed by atoms with Crippen LogP contribution in [0.5, 0.6) is 0 Å². The van der Waals surface area contributed by atoms with Gasteiger partial charge in [-0.1, -0.05) is 6.92 Å². The molecule has 2 radical (unpaired) electrons. The molecule has 8 nitrogen and oxygen atoms in total. The molecule has 1 fully saturated rings. The Morgan fingerprint density at radius 2 is 1.96 bits per heavy atom. The highest BCUT2D eigenvalue weighted by atomic mass is 31.1. The van der Waals surface area contributed by atoms with Gasteiger partial charge in [0.05, 0.1) is 12.5 Å². The Morgan fingerprint density at radius 1 is 1.29 bits per heavy atom. The van der Waals surface area contributed by atoms with Crippen molar-refractivity contribution >= 4 is 27.7 Å². The van der Waals surface area contributed by atoms with E-state index in [-0.39, 0.29) is 30.5 Å². The zero-order valence-electron chi connectivity index (χ0n) is 14.5. The summed E-state index contributed by atoms with van der Waals surface area (Å²) in [6.07, 6.45) is -1.74. The van der Waals surface area contributed by atoms with Gasteiger partial charge in [0.2, 0.25) is 11.8 Å². The van der Waals surface area contributed by atoms with Crippen molar-refractivity contribution in [1.82, 2.24) is 10.6 Å². The van der Waals surface area contributed by atoms with E-state index in [9.17, 15) is 14.2 Å². The molecule has 1 saturated heterocycles. The van der Waals surface area contributed by atoms with Crippen LogP contribution in [0.15, 0.2) is 0 Å². The van der Waals surface area contributed by atoms with Crippen LogP contribution in [-0.4, -0.2) is 70.3 Å². The maximum atomic E-state index is 12.1. The Balaban J connectivity index is 2.71. The molecule has 0 bridgehead atoms. The van der Waals surface area contributed by atoms with Gasteiger partial charge in [0, 0.05) is 20.1 Å². The second kappa shape index (κ2) is 10.1. The van der Waals surface area contributed by atoms with Gasteiger partial charge in [-0.05, 0) is 17.9 Å². The first kappa shape index (κ1) is 21.0. The van der Waals surface area contributed by atoms with Crippen molar-refractivity contribution < 1.29 is 28.2 Å². The van der Waals surface area contributed by atoms with Crippen LogP contribution in [0.1, 0.15) is 26.7 Å².